The summed E-state index contributed by atoms with van der Waals surface area (Å²) < 4.78 is 5.79. The molecule has 1 aliphatic rings. The highest BCUT2D eigenvalue weighted by atomic mass is 32.1. The standard InChI is InChI=1S/C17H23N3OS/c1-13-3-5-16(6-4-13)21-11-17-19-15(12-22-17)10-20-8-7-18-14(2)9-20/h3-6,12,14,18H,7-11H2,1-2H3/t14-/m1/s1. The van der Waals surface area contributed by atoms with E-state index < -0.39 is 0 Å². The second-order valence-corrected chi connectivity index (χ2v) is 6.87. The second kappa shape index (κ2) is 7.22. The number of aromatic nitrogens is 1. The van der Waals surface area contributed by atoms with Crippen molar-refractivity contribution in [1.29, 1.82) is 0 Å². The lowest BCUT2D eigenvalue weighted by Gasteiger charge is -2.31. The van der Waals surface area contributed by atoms with Crippen LogP contribution >= 0.6 is 11.3 Å². The van der Waals surface area contributed by atoms with Crippen LogP contribution in [0.15, 0.2) is 29.6 Å². The molecule has 1 atom stereocenters. The van der Waals surface area contributed by atoms with Gasteiger partial charge in [0.15, 0.2) is 0 Å². The molecule has 3 rings (SSSR count). The van der Waals surface area contributed by atoms with Gasteiger partial charge in [-0.05, 0) is 26.0 Å². The third-order valence-electron chi connectivity index (χ3n) is 3.82. The predicted octanol–water partition coefficient (Wildman–Crippen LogP) is 2.82. The first-order chi connectivity index (χ1) is 10.7. The van der Waals surface area contributed by atoms with Crippen LogP contribution in [0.1, 0.15) is 23.2 Å². The van der Waals surface area contributed by atoms with Crippen LogP contribution in [0.3, 0.4) is 0 Å². The van der Waals surface area contributed by atoms with Gasteiger partial charge in [0.05, 0.1) is 5.69 Å². The number of nitrogens with one attached hydrogen (secondary N) is 1. The van der Waals surface area contributed by atoms with Crippen molar-refractivity contribution < 1.29 is 4.74 Å². The molecular formula is C17H23N3OS. The van der Waals surface area contributed by atoms with E-state index in [0.29, 0.717) is 12.6 Å². The molecule has 0 spiro atoms. The van der Waals surface area contributed by atoms with Gasteiger partial charge in [-0.3, -0.25) is 4.90 Å². The molecule has 22 heavy (non-hydrogen) atoms. The van der Waals surface area contributed by atoms with Crippen molar-refractivity contribution in [3.05, 3.63) is 45.9 Å². The van der Waals surface area contributed by atoms with Crippen LogP contribution in [-0.2, 0) is 13.2 Å². The molecule has 0 radical (unpaired) electrons. The van der Waals surface area contributed by atoms with Gasteiger partial charge in [0.25, 0.3) is 0 Å². The maximum atomic E-state index is 5.79. The van der Waals surface area contributed by atoms with Crippen LogP contribution < -0.4 is 10.1 Å². The molecular weight excluding hydrogens is 294 g/mol. The zero-order chi connectivity index (χ0) is 15.4. The molecule has 0 amide bonds. The van der Waals surface area contributed by atoms with Gasteiger partial charge in [-0.1, -0.05) is 17.7 Å². The van der Waals surface area contributed by atoms with E-state index in [0.717, 1.165) is 42.6 Å². The summed E-state index contributed by atoms with van der Waals surface area (Å²) in [6.45, 7) is 9.04. The normalized spacial score (nSPS) is 19.3. The summed E-state index contributed by atoms with van der Waals surface area (Å²) in [4.78, 5) is 7.15. The van der Waals surface area contributed by atoms with Gasteiger partial charge in [-0.25, -0.2) is 4.98 Å². The van der Waals surface area contributed by atoms with Crippen molar-refractivity contribution in [3.63, 3.8) is 0 Å². The summed E-state index contributed by atoms with van der Waals surface area (Å²) in [5.41, 5.74) is 2.40. The Labute approximate surface area is 136 Å². The summed E-state index contributed by atoms with van der Waals surface area (Å²) >= 11 is 1.68. The largest absolute Gasteiger partial charge is 0.486 e. The van der Waals surface area contributed by atoms with E-state index in [9.17, 15) is 0 Å². The maximum absolute atomic E-state index is 5.79. The minimum atomic E-state index is 0.547. The van der Waals surface area contributed by atoms with Gasteiger partial charge in [0.2, 0.25) is 0 Å². The van der Waals surface area contributed by atoms with E-state index in [1.54, 1.807) is 11.3 Å². The molecule has 4 nitrogen and oxygen atoms in total. The van der Waals surface area contributed by atoms with Crippen molar-refractivity contribution in [2.75, 3.05) is 19.6 Å². The Morgan fingerprint density at radius 3 is 2.95 bits per heavy atom. The number of benzene rings is 1. The van der Waals surface area contributed by atoms with Crippen LogP contribution in [0.5, 0.6) is 5.75 Å². The highest BCUT2D eigenvalue weighted by Gasteiger charge is 2.16. The zero-order valence-electron chi connectivity index (χ0n) is 13.2. The molecule has 1 fully saturated rings. The van der Waals surface area contributed by atoms with Crippen LogP contribution in [0, 0.1) is 6.92 Å². The van der Waals surface area contributed by atoms with Crippen LogP contribution in [0.4, 0.5) is 0 Å². The van der Waals surface area contributed by atoms with Gasteiger partial charge in [-0.2, -0.15) is 0 Å². The Bertz CT molecular complexity index is 596. The molecule has 0 bridgehead atoms. The average Bonchev–Trinajstić information content (AvgIpc) is 2.94. The molecule has 0 unspecified atom stereocenters. The molecule has 0 aliphatic carbocycles. The van der Waals surface area contributed by atoms with Gasteiger partial charge in [-0.15, -0.1) is 11.3 Å². The maximum Gasteiger partial charge on any atom is 0.140 e. The molecule has 118 valence electrons. The molecule has 5 heteroatoms. The SMILES string of the molecule is Cc1ccc(OCc2nc(CN3CCN[C@H](C)C3)cs2)cc1. The third kappa shape index (κ3) is 4.29. The van der Waals surface area contributed by atoms with Crippen LogP contribution in [-0.4, -0.2) is 35.6 Å². The van der Waals surface area contributed by atoms with Crippen molar-refractivity contribution in [2.45, 2.75) is 33.0 Å². The highest BCUT2D eigenvalue weighted by molar-refractivity contribution is 7.09. The van der Waals surface area contributed by atoms with Crippen molar-refractivity contribution in [1.82, 2.24) is 15.2 Å². The van der Waals surface area contributed by atoms with E-state index in [2.05, 4.69) is 41.6 Å². The second-order valence-electron chi connectivity index (χ2n) is 5.92. The van der Waals surface area contributed by atoms with Crippen LogP contribution in [0.2, 0.25) is 0 Å². The van der Waals surface area contributed by atoms with Gasteiger partial charge < -0.3 is 10.1 Å². The van der Waals surface area contributed by atoms with Crippen molar-refractivity contribution >= 4 is 11.3 Å². The van der Waals surface area contributed by atoms with E-state index in [-0.39, 0.29) is 0 Å². The quantitative estimate of drug-likeness (QED) is 0.920. The lowest BCUT2D eigenvalue weighted by molar-refractivity contribution is 0.197. The number of hydrogen-bond acceptors (Lipinski definition) is 5. The van der Waals surface area contributed by atoms with E-state index >= 15 is 0 Å². The Balaban J connectivity index is 1.51. The number of thiazole rings is 1. The molecule has 2 heterocycles. The monoisotopic (exact) mass is 317 g/mol. The molecule has 0 saturated carbocycles. The van der Waals surface area contributed by atoms with E-state index in [1.165, 1.54) is 5.56 Å². The fourth-order valence-electron chi connectivity index (χ4n) is 2.65. The molecule has 1 saturated heterocycles. The number of rotatable bonds is 5. The van der Waals surface area contributed by atoms with Gasteiger partial charge >= 0.3 is 0 Å². The van der Waals surface area contributed by atoms with Crippen molar-refractivity contribution in [2.24, 2.45) is 0 Å². The number of hydrogen-bond donors (Lipinski definition) is 1. The predicted molar refractivity (Wildman–Crippen MR) is 90.4 cm³/mol. The molecule has 1 aliphatic heterocycles. The Morgan fingerprint density at radius 2 is 2.18 bits per heavy atom. The molecule has 1 aromatic heterocycles. The lowest BCUT2D eigenvalue weighted by atomic mass is 10.2. The summed E-state index contributed by atoms with van der Waals surface area (Å²) in [7, 11) is 0. The molecule has 1 aromatic carbocycles. The number of ether oxygens (including phenoxy) is 1. The Kier molecular flexibility index (Phi) is 5.08. The van der Waals surface area contributed by atoms with Gasteiger partial charge in [0, 0.05) is 37.6 Å². The minimum absolute atomic E-state index is 0.547. The smallest absolute Gasteiger partial charge is 0.140 e. The van der Waals surface area contributed by atoms with Crippen LogP contribution in [0.25, 0.3) is 0 Å². The molecule has 2 aromatic rings. The Morgan fingerprint density at radius 1 is 1.36 bits per heavy atom. The Hall–Kier alpha value is -1.43. The lowest BCUT2D eigenvalue weighted by Crippen LogP contribution is -2.48. The fraction of sp³-hybridized carbons (Fsp3) is 0.471. The first-order valence-corrected chi connectivity index (χ1v) is 8.65. The van der Waals surface area contributed by atoms with E-state index in [4.69, 9.17) is 9.72 Å². The number of aryl methyl sites for hydroxylation is 1. The fourth-order valence-corrected chi connectivity index (χ4v) is 3.35. The molecule has 1 N–H and O–H groups in total. The average molecular weight is 317 g/mol. The number of nitrogens with zero attached hydrogens (tertiary/aromatic N) is 2. The summed E-state index contributed by atoms with van der Waals surface area (Å²) in [5.74, 6) is 0.901. The zero-order valence-corrected chi connectivity index (χ0v) is 14.0. The van der Waals surface area contributed by atoms with E-state index in [1.807, 2.05) is 12.1 Å². The highest BCUT2D eigenvalue weighted by Crippen LogP contribution is 2.17. The number of piperazine rings is 1. The summed E-state index contributed by atoms with van der Waals surface area (Å²) in [6, 6.07) is 8.71. The summed E-state index contributed by atoms with van der Waals surface area (Å²) in [5, 5.41) is 6.66. The topological polar surface area (TPSA) is 37.4 Å². The third-order valence-corrected chi connectivity index (χ3v) is 4.69. The first-order valence-electron chi connectivity index (χ1n) is 7.77. The first kappa shape index (κ1) is 15.5. The van der Waals surface area contributed by atoms with Crippen molar-refractivity contribution in [3.8, 4) is 5.75 Å². The van der Waals surface area contributed by atoms with Gasteiger partial charge in [0.1, 0.15) is 17.4 Å². The summed E-state index contributed by atoms with van der Waals surface area (Å²) in [6.07, 6.45) is 0. The minimum Gasteiger partial charge on any atom is -0.486 e.